The van der Waals surface area contributed by atoms with Crippen molar-refractivity contribution in [1.29, 1.82) is 0 Å². The van der Waals surface area contributed by atoms with Gasteiger partial charge in [0.2, 0.25) is 0 Å². The van der Waals surface area contributed by atoms with E-state index in [-0.39, 0.29) is 0 Å². The number of aromatic nitrogens is 5. The number of nitrogens with zero attached hydrogens (tertiary/aromatic N) is 5. The Labute approximate surface area is 146 Å². The molecule has 0 bridgehead atoms. The van der Waals surface area contributed by atoms with Gasteiger partial charge < -0.3 is 10.6 Å². The molecule has 2 aromatic rings. The van der Waals surface area contributed by atoms with E-state index < -0.39 is 0 Å². The van der Waals surface area contributed by atoms with Gasteiger partial charge in [0.05, 0.1) is 0 Å². The van der Waals surface area contributed by atoms with E-state index in [0.29, 0.717) is 11.7 Å². The number of piperidine rings is 1. The number of rotatable bonds is 6. The van der Waals surface area contributed by atoms with Crippen LogP contribution in [0.1, 0.15) is 50.2 Å². The number of aromatic amines is 1. The van der Waals surface area contributed by atoms with Gasteiger partial charge in [-0.2, -0.15) is 5.10 Å². The Morgan fingerprint density at radius 3 is 2.75 bits per heavy atom. The molecule has 8 heteroatoms. The third-order valence-corrected chi connectivity index (χ3v) is 5.17. The Morgan fingerprint density at radius 1 is 1.29 bits per heavy atom. The van der Waals surface area contributed by atoms with Gasteiger partial charge in [0, 0.05) is 30.8 Å². The minimum absolute atomic E-state index is 0.420. The van der Waals surface area contributed by atoms with Crippen molar-refractivity contribution in [2.24, 2.45) is 0 Å². The Morgan fingerprint density at radius 2 is 2.08 bits per heavy atom. The molecule has 0 atom stereocenters. The van der Waals surface area contributed by atoms with E-state index in [2.05, 4.69) is 32.0 Å². The highest BCUT2D eigenvalue weighted by Crippen LogP contribution is 2.29. The molecule has 0 radical (unpaired) electrons. The minimum Gasteiger partial charge on any atom is -0.383 e. The molecule has 24 heavy (non-hydrogen) atoms. The first kappa shape index (κ1) is 17.0. The van der Waals surface area contributed by atoms with E-state index >= 15 is 0 Å². The van der Waals surface area contributed by atoms with Crippen molar-refractivity contribution in [2.75, 3.05) is 29.5 Å². The smallest absolute Gasteiger partial charge is 0.191 e. The van der Waals surface area contributed by atoms with Gasteiger partial charge in [-0.25, -0.2) is 15.0 Å². The molecule has 2 aromatic heterocycles. The molecular weight excluding hydrogens is 322 g/mol. The molecular formula is C16H25N7S. The molecule has 1 fully saturated rings. The molecule has 3 N–H and O–H groups in total. The number of nitrogens with one attached hydrogen (secondary N) is 1. The van der Waals surface area contributed by atoms with Crippen molar-refractivity contribution in [3.8, 4) is 0 Å². The number of H-pyrrole nitrogens is 1. The zero-order valence-corrected chi connectivity index (χ0v) is 15.1. The van der Waals surface area contributed by atoms with Crippen LogP contribution in [-0.4, -0.2) is 44.0 Å². The minimum atomic E-state index is 0.420. The Hall–Kier alpha value is -1.83. The quantitative estimate of drug-likeness (QED) is 0.471. The van der Waals surface area contributed by atoms with Gasteiger partial charge in [-0.1, -0.05) is 25.1 Å². The van der Waals surface area contributed by atoms with Crippen molar-refractivity contribution in [3.63, 3.8) is 0 Å². The van der Waals surface area contributed by atoms with Crippen LogP contribution in [0.3, 0.4) is 0 Å². The van der Waals surface area contributed by atoms with Crippen LogP contribution in [0.15, 0.2) is 11.2 Å². The van der Waals surface area contributed by atoms with Gasteiger partial charge in [0.1, 0.15) is 17.5 Å². The summed E-state index contributed by atoms with van der Waals surface area (Å²) in [5.74, 6) is 4.75. The molecule has 1 aliphatic heterocycles. The second-order valence-corrected chi connectivity index (χ2v) is 7.24. The van der Waals surface area contributed by atoms with Gasteiger partial charge in [-0.15, -0.1) is 0 Å². The fraction of sp³-hybridized carbons (Fsp3) is 0.625. The van der Waals surface area contributed by atoms with Crippen molar-refractivity contribution in [3.05, 3.63) is 17.7 Å². The third-order valence-electron chi connectivity index (χ3n) is 4.24. The molecule has 0 aliphatic carbocycles. The predicted molar refractivity (Wildman–Crippen MR) is 97.4 cm³/mol. The van der Waals surface area contributed by atoms with E-state index in [1.807, 2.05) is 13.0 Å². The van der Waals surface area contributed by atoms with Crippen LogP contribution in [-0.2, 0) is 0 Å². The second-order valence-electron chi connectivity index (χ2n) is 6.18. The normalized spacial score (nSPS) is 15.8. The highest BCUT2D eigenvalue weighted by molar-refractivity contribution is 7.99. The first-order chi connectivity index (χ1) is 11.7. The lowest BCUT2D eigenvalue weighted by molar-refractivity contribution is 0.483. The molecule has 0 amide bonds. The number of anilines is 2. The molecule has 0 spiro atoms. The lowest BCUT2D eigenvalue weighted by Crippen LogP contribution is -2.34. The summed E-state index contributed by atoms with van der Waals surface area (Å²) in [6.45, 7) is 6.00. The summed E-state index contributed by atoms with van der Waals surface area (Å²) in [5, 5.41) is 8.02. The third kappa shape index (κ3) is 4.17. The second kappa shape index (κ2) is 7.83. The zero-order chi connectivity index (χ0) is 16.9. The molecule has 1 aliphatic rings. The van der Waals surface area contributed by atoms with Crippen LogP contribution in [0.4, 0.5) is 11.6 Å². The van der Waals surface area contributed by atoms with E-state index in [1.54, 1.807) is 11.8 Å². The van der Waals surface area contributed by atoms with Crippen LogP contribution >= 0.6 is 11.8 Å². The lowest BCUT2D eigenvalue weighted by atomic mass is 9.96. The van der Waals surface area contributed by atoms with Gasteiger partial charge in [-0.3, -0.25) is 5.10 Å². The monoisotopic (exact) mass is 347 g/mol. The van der Waals surface area contributed by atoms with E-state index in [9.17, 15) is 0 Å². The summed E-state index contributed by atoms with van der Waals surface area (Å²) >= 11 is 1.68. The maximum absolute atomic E-state index is 5.98. The molecule has 0 aromatic carbocycles. The highest BCUT2D eigenvalue weighted by atomic mass is 32.2. The van der Waals surface area contributed by atoms with Gasteiger partial charge >= 0.3 is 0 Å². The number of nitrogens with two attached hydrogens (primary N) is 1. The zero-order valence-electron chi connectivity index (χ0n) is 14.3. The number of hydrogen-bond acceptors (Lipinski definition) is 7. The standard InChI is InChI=1S/C16H25N7S/c1-3-4-9-24-16-19-13(17)10-14(20-16)23-7-5-12(6-8-23)15-18-11(2)21-22-15/h10,12H,3-9H2,1-2H3,(H2,17,19,20)(H,18,21,22). The summed E-state index contributed by atoms with van der Waals surface area (Å²) < 4.78 is 0. The fourth-order valence-corrected chi connectivity index (χ4v) is 3.82. The van der Waals surface area contributed by atoms with Crippen molar-refractivity contribution in [2.45, 2.75) is 50.6 Å². The largest absolute Gasteiger partial charge is 0.383 e. The highest BCUT2D eigenvalue weighted by Gasteiger charge is 2.24. The summed E-state index contributed by atoms with van der Waals surface area (Å²) in [6.07, 6.45) is 4.40. The summed E-state index contributed by atoms with van der Waals surface area (Å²) in [7, 11) is 0. The van der Waals surface area contributed by atoms with Gasteiger partial charge in [0.15, 0.2) is 11.0 Å². The molecule has 130 valence electrons. The number of thioether (sulfide) groups is 1. The van der Waals surface area contributed by atoms with Crippen molar-refractivity contribution < 1.29 is 0 Å². The average molecular weight is 347 g/mol. The van der Waals surface area contributed by atoms with Gasteiger partial charge in [0.25, 0.3) is 0 Å². The van der Waals surface area contributed by atoms with Crippen LogP contribution < -0.4 is 10.6 Å². The van der Waals surface area contributed by atoms with Crippen molar-refractivity contribution in [1.82, 2.24) is 25.1 Å². The van der Waals surface area contributed by atoms with E-state index in [1.165, 1.54) is 12.8 Å². The fourth-order valence-electron chi connectivity index (χ4n) is 2.87. The molecule has 3 heterocycles. The molecule has 3 rings (SSSR count). The Balaban J connectivity index is 1.63. The maximum atomic E-state index is 5.98. The van der Waals surface area contributed by atoms with Crippen LogP contribution in [0.25, 0.3) is 0 Å². The van der Waals surface area contributed by atoms with Gasteiger partial charge in [-0.05, 0) is 26.2 Å². The molecule has 1 saturated heterocycles. The first-order valence-electron chi connectivity index (χ1n) is 8.57. The topological polar surface area (TPSA) is 96.6 Å². The number of nitrogen functional groups attached to an aromatic ring is 1. The average Bonchev–Trinajstić information content (AvgIpc) is 3.01. The van der Waals surface area contributed by atoms with Crippen LogP contribution in [0.2, 0.25) is 0 Å². The Bertz CT molecular complexity index is 664. The predicted octanol–water partition coefficient (Wildman–Crippen LogP) is 2.76. The van der Waals surface area contributed by atoms with Crippen LogP contribution in [0, 0.1) is 6.92 Å². The Kier molecular flexibility index (Phi) is 5.55. The first-order valence-corrected chi connectivity index (χ1v) is 9.55. The lowest BCUT2D eigenvalue weighted by Gasteiger charge is -2.31. The number of hydrogen-bond donors (Lipinski definition) is 2. The number of aryl methyl sites for hydroxylation is 1. The van der Waals surface area contributed by atoms with Crippen molar-refractivity contribution >= 4 is 23.4 Å². The summed E-state index contributed by atoms with van der Waals surface area (Å²) in [6, 6.07) is 1.88. The molecule has 7 nitrogen and oxygen atoms in total. The SMILES string of the molecule is CCCCSc1nc(N)cc(N2CCC(c3n[nH]c(C)n3)CC2)n1. The summed E-state index contributed by atoms with van der Waals surface area (Å²) in [5.41, 5.74) is 5.98. The maximum Gasteiger partial charge on any atom is 0.191 e. The van der Waals surface area contributed by atoms with E-state index in [0.717, 1.165) is 54.3 Å². The number of unbranched alkanes of at least 4 members (excludes halogenated alkanes) is 1. The van der Waals surface area contributed by atoms with Crippen LogP contribution in [0.5, 0.6) is 0 Å². The summed E-state index contributed by atoms with van der Waals surface area (Å²) in [4.78, 5) is 15.8. The molecule has 0 unspecified atom stereocenters. The van der Waals surface area contributed by atoms with E-state index in [4.69, 9.17) is 10.7 Å². The molecule has 0 saturated carbocycles.